The Morgan fingerprint density at radius 3 is 2.57 bits per heavy atom. The van der Waals surface area contributed by atoms with Crippen molar-refractivity contribution in [2.75, 3.05) is 6.54 Å². The first-order chi connectivity index (χ1) is 10.0. The van der Waals surface area contributed by atoms with Crippen LogP contribution in [0.4, 0.5) is 0 Å². The maximum absolute atomic E-state index is 12.1. The lowest BCUT2D eigenvalue weighted by atomic mass is 10.1. The number of hydrogen-bond donors (Lipinski definition) is 2. The zero-order valence-corrected chi connectivity index (χ0v) is 12.7. The lowest BCUT2D eigenvalue weighted by molar-refractivity contribution is 0.451. The molecule has 112 valence electrons. The largest absolute Gasteiger partial charge is 0.506 e. The molecule has 0 unspecified atom stereocenters. The molecule has 5 heteroatoms. The van der Waals surface area contributed by atoms with Gasteiger partial charge in [0.2, 0.25) is 0 Å². The molecular weight excluding hydrogens is 266 g/mol. The SMILES string of the molecule is CCCNCc1nn(-c2c(C)cccc2C)c(=O)cc1O. The van der Waals surface area contributed by atoms with Crippen LogP contribution in [0.1, 0.15) is 30.2 Å². The van der Waals surface area contributed by atoms with E-state index in [9.17, 15) is 9.90 Å². The van der Waals surface area contributed by atoms with Crippen molar-refractivity contribution in [2.45, 2.75) is 33.7 Å². The van der Waals surface area contributed by atoms with Crippen LogP contribution in [0.5, 0.6) is 5.75 Å². The zero-order valence-electron chi connectivity index (χ0n) is 12.7. The van der Waals surface area contributed by atoms with Crippen molar-refractivity contribution in [3.05, 3.63) is 51.4 Å². The summed E-state index contributed by atoms with van der Waals surface area (Å²) in [5, 5.41) is 17.4. The second-order valence-electron chi connectivity index (χ2n) is 5.14. The van der Waals surface area contributed by atoms with Crippen LogP contribution in [0, 0.1) is 13.8 Å². The number of hydrogen-bond acceptors (Lipinski definition) is 4. The summed E-state index contributed by atoms with van der Waals surface area (Å²) in [6, 6.07) is 7.06. The Hall–Kier alpha value is -2.14. The van der Waals surface area contributed by atoms with Gasteiger partial charge < -0.3 is 10.4 Å². The first-order valence-corrected chi connectivity index (χ1v) is 7.14. The zero-order chi connectivity index (χ0) is 15.4. The number of nitrogens with zero attached hydrogens (tertiary/aromatic N) is 2. The van der Waals surface area contributed by atoms with E-state index in [0.29, 0.717) is 12.2 Å². The Bertz CT molecular complexity index is 672. The number of aryl methyl sites for hydroxylation is 2. The second kappa shape index (κ2) is 6.54. The van der Waals surface area contributed by atoms with Crippen molar-refractivity contribution in [1.29, 1.82) is 0 Å². The van der Waals surface area contributed by atoms with Crippen LogP contribution in [-0.4, -0.2) is 21.4 Å². The molecular formula is C16H21N3O2. The van der Waals surface area contributed by atoms with E-state index in [2.05, 4.69) is 17.3 Å². The van der Waals surface area contributed by atoms with E-state index in [4.69, 9.17) is 0 Å². The van der Waals surface area contributed by atoms with Crippen molar-refractivity contribution < 1.29 is 5.11 Å². The third-order valence-electron chi connectivity index (χ3n) is 3.36. The van der Waals surface area contributed by atoms with Gasteiger partial charge >= 0.3 is 0 Å². The smallest absolute Gasteiger partial charge is 0.275 e. The third kappa shape index (κ3) is 3.31. The number of para-hydroxylation sites is 1. The maximum atomic E-state index is 12.1. The average Bonchev–Trinajstić information content (AvgIpc) is 2.43. The fraction of sp³-hybridized carbons (Fsp3) is 0.375. The van der Waals surface area contributed by atoms with E-state index >= 15 is 0 Å². The molecule has 5 nitrogen and oxygen atoms in total. The van der Waals surface area contributed by atoms with E-state index < -0.39 is 0 Å². The molecule has 0 aliphatic rings. The summed E-state index contributed by atoms with van der Waals surface area (Å²) in [5.41, 5.74) is 2.87. The summed E-state index contributed by atoms with van der Waals surface area (Å²) in [6.07, 6.45) is 0.997. The molecule has 0 saturated carbocycles. The van der Waals surface area contributed by atoms with Crippen LogP contribution >= 0.6 is 0 Å². The van der Waals surface area contributed by atoms with Gasteiger partial charge in [-0.3, -0.25) is 4.79 Å². The van der Waals surface area contributed by atoms with Crippen LogP contribution in [-0.2, 0) is 6.54 Å². The van der Waals surface area contributed by atoms with E-state index in [1.807, 2.05) is 32.0 Å². The van der Waals surface area contributed by atoms with Crippen molar-refractivity contribution in [1.82, 2.24) is 15.1 Å². The minimum atomic E-state index is -0.329. The predicted octanol–water partition coefficient (Wildman–Crippen LogP) is 2.05. The molecule has 21 heavy (non-hydrogen) atoms. The molecule has 0 atom stereocenters. The van der Waals surface area contributed by atoms with Crippen LogP contribution in [0.15, 0.2) is 29.1 Å². The number of aromatic nitrogens is 2. The van der Waals surface area contributed by atoms with Gasteiger partial charge in [-0.2, -0.15) is 9.78 Å². The van der Waals surface area contributed by atoms with Crippen LogP contribution in [0.2, 0.25) is 0 Å². The molecule has 0 aliphatic carbocycles. The number of aromatic hydroxyl groups is 1. The quantitative estimate of drug-likeness (QED) is 0.826. The Labute approximate surface area is 124 Å². The van der Waals surface area contributed by atoms with Gasteiger partial charge in [0.1, 0.15) is 11.4 Å². The Morgan fingerprint density at radius 1 is 1.29 bits per heavy atom. The molecule has 1 aromatic carbocycles. The van der Waals surface area contributed by atoms with Crippen molar-refractivity contribution in [3.8, 4) is 11.4 Å². The maximum Gasteiger partial charge on any atom is 0.275 e. The molecule has 0 spiro atoms. The molecule has 2 N–H and O–H groups in total. The third-order valence-corrected chi connectivity index (χ3v) is 3.36. The molecule has 1 heterocycles. The van der Waals surface area contributed by atoms with Gasteiger partial charge in [0.25, 0.3) is 5.56 Å². The molecule has 1 aromatic heterocycles. The first-order valence-electron chi connectivity index (χ1n) is 7.14. The highest BCUT2D eigenvalue weighted by Crippen LogP contribution is 2.18. The Kier molecular flexibility index (Phi) is 4.75. The van der Waals surface area contributed by atoms with Gasteiger partial charge in [0, 0.05) is 12.6 Å². The summed E-state index contributed by atoms with van der Waals surface area (Å²) in [5.74, 6) is -0.0638. The summed E-state index contributed by atoms with van der Waals surface area (Å²) >= 11 is 0. The molecule has 0 radical (unpaired) electrons. The molecule has 2 aromatic rings. The normalized spacial score (nSPS) is 10.8. The van der Waals surface area contributed by atoms with Crippen LogP contribution in [0.25, 0.3) is 5.69 Å². The van der Waals surface area contributed by atoms with Gasteiger partial charge in [0.15, 0.2) is 0 Å². The van der Waals surface area contributed by atoms with E-state index in [1.54, 1.807) is 0 Å². The van der Waals surface area contributed by atoms with Gasteiger partial charge in [0.05, 0.1) is 5.69 Å². The van der Waals surface area contributed by atoms with Gasteiger partial charge in [-0.25, -0.2) is 0 Å². The highest BCUT2D eigenvalue weighted by atomic mass is 16.3. The van der Waals surface area contributed by atoms with E-state index in [1.165, 1.54) is 10.7 Å². The van der Waals surface area contributed by atoms with Crippen molar-refractivity contribution in [2.24, 2.45) is 0 Å². The summed E-state index contributed by atoms with van der Waals surface area (Å²) < 4.78 is 1.37. The van der Waals surface area contributed by atoms with Crippen molar-refractivity contribution in [3.63, 3.8) is 0 Å². The Morgan fingerprint density at radius 2 is 1.95 bits per heavy atom. The lowest BCUT2D eigenvalue weighted by Crippen LogP contribution is -2.25. The van der Waals surface area contributed by atoms with Crippen molar-refractivity contribution >= 4 is 0 Å². The fourth-order valence-corrected chi connectivity index (χ4v) is 2.29. The molecule has 0 amide bonds. The highest BCUT2D eigenvalue weighted by molar-refractivity contribution is 5.46. The summed E-state index contributed by atoms with van der Waals surface area (Å²) in [4.78, 5) is 12.1. The first kappa shape index (κ1) is 15.3. The molecule has 0 saturated heterocycles. The standard InChI is InChI=1S/C16H21N3O2/c1-4-8-17-10-13-14(20)9-15(21)19(18-13)16-11(2)6-5-7-12(16)3/h5-7,9,17,20H,4,8,10H2,1-3H3. The van der Waals surface area contributed by atoms with Crippen LogP contribution in [0.3, 0.4) is 0 Å². The average molecular weight is 287 g/mol. The number of benzene rings is 1. The minimum absolute atomic E-state index is 0.0638. The van der Waals surface area contributed by atoms with Gasteiger partial charge in [-0.05, 0) is 37.9 Å². The summed E-state index contributed by atoms with van der Waals surface area (Å²) in [6.45, 7) is 7.23. The Balaban J connectivity index is 2.49. The topological polar surface area (TPSA) is 67.2 Å². The van der Waals surface area contributed by atoms with Gasteiger partial charge in [-0.15, -0.1) is 0 Å². The fourth-order valence-electron chi connectivity index (χ4n) is 2.29. The van der Waals surface area contributed by atoms with E-state index in [-0.39, 0.29) is 11.3 Å². The van der Waals surface area contributed by atoms with Gasteiger partial charge in [-0.1, -0.05) is 25.1 Å². The second-order valence-corrected chi connectivity index (χ2v) is 5.14. The molecule has 0 bridgehead atoms. The number of nitrogens with one attached hydrogen (secondary N) is 1. The molecule has 0 fully saturated rings. The lowest BCUT2D eigenvalue weighted by Gasteiger charge is -2.13. The minimum Gasteiger partial charge on any atom is -0.506 e. The number of rotatable bonds is 5. The highest BCUT2D eigenvalue weighted by Gasteiger charge is 2.12. The summed E-state index contributed by atoms with van der Waals surface area (Å²) in [7, 11) is 0. The predicted molar refractivity (Wildman–Crippen MR) is 83.0 cm³/mol. The molecule has 0 aliphatic heterocycles. The van der Waals surface area contributed by atoms with E-state index in [0.717, 1.165) is 29.8 Å². The monoisotopic (exact) mass is 287 g/mol. The van der Waals surface area contributed by atoms with Crippen LogP contribution < -0.4 is 10.9 Å². The molecule has 2 rings (SSSR count).